The number of hydrogen-bond acceptors (Lipinski definition) is 5. The molecule has 2 rings (SSSR count). The van der Waals surface area contributed by atoms with Crippen LogP contribution < -0.4 is 20.6 Å². The van der Waals surface area contributed by atoms with Gasteiger partial charge in [0.05, 0.1) is 11.2 Å². The minimum atomic E-state index is -0.597. The molecular formula is C17H15BrClN3O4. The summed E-state index contributed by atoms with van der Waals surface area (Å²) in [6.45, 7) is -0.429. The van der Waals surface area contributed by atoms with Crippen LogP contribution in [-0.2, 0) is 9.59 Å². The van der Waals surface area contributed by atoms with Crippen molar-refractivity contribution in [2.45, 2.75) is 0 Å². The van der Waals surface area contributed by atoms with Gasteiger partial charge < -0.3 is 15.2 Å². The molecule has 2 amide bonds. The first kappa shape index (κ1) is 19.7. The molecule has 0 unspecified atom stereocenters. The number of halogens is 2. The number of carbonyl (C=O) groups excluding carboxylic acids is 2. The monoisotopic (exact) mass is 439 g/mol. The maximum Gasteiger partial charge on any atom is 0.277 e. The largest absolute Gasteiger partial charge is 0.484 e. The quantitative estimate of drug-likeness (QED) is 0.486. The topological polar surface area (TPSA) is 103 Å². The highest BCUT2D eigenvalue weighted by Gasteiger charge is 2.05. The van der Waals surface area contributed by atoms with Crippen molar-refractivity contribution in [3.05, 3.63) is 57.5 Å². The fourth-order valence-electron chi connectivity index (χ4n) is 1.75. The van der Waals surface area contributed by atoms with E-state index in [1.54, 1.807) is 30.3 Å². The molecule has 0 heterocycles. The van der Waals surface area contributed by atoms with Crippen molar-refractivity contribution in [3.8, 4) is 11.5 Å². The van der Waals surface area contributed by atoms with E-state index in [0.717, 1.165) is 4.47 Å². The molecule has 0 aromatic heterocycles. The number of carbonyl (C=O) groups is 2. The molecule has 9 heteroatoms. The Morgan fingerprint density at radius 3 is 2.54 bits per heavy atom. The zero-order valence-electron chi connectivity index (χ0n) is 13.4. The number of nitrogens with one attached hydrogen (secondary N) is 1. The van der Waals surface area contributed by atoms with Crippen molar-refractivity contribution in [1.29, 1.82) is 0 Å². The fourth-order valence-corrected chi connectivity index (χ4v) is 2.26. The number of hydrogen-bond donors (Lipinski definition) is 2. The Morgan fingerprint density at radius 1 is 1.15 bits per heavy atom. The molecular weight excluding hydrogens is 426 g/mol. The third-order valence-corrected chi connectivity index (χ3v) is 3.74. The fraction of sp³-hybridized carbons (Fsp3) is 0.118. The zero-order chi connectivity index (χ0) is 18.9. The van der Waals surface area contributed by atoms with Crippen molar-refractivity contribution in [1.82, 2.24) is 5.43 Å². The minimum Gasteiger partial charge on any atom is -0.484 e. The lowest BCUT2D eigenvalue weighted by Gasteiger charge is -2.06. The average molecular weight is 441 g/mol. The number of amides is 2. The van der Waals surface area contributed by atoms with Crippen LogP contribution in [0.15, 0.2) is 52.0 Å². The molecule has 0 spiro atoms. The Bertz CT molecular complexity index is 812. The number of hydrazone groups is 1. The van der Waals surface area contributed by atoms with Gasteiger partial charge in [0.25, 0.3) is 11.8 Å². The van der Waals surface area contributed by atoms with Crippen molar-refractivity contribution in [3.63, 3.8) is 0 Å². The number of benzene rings is 2. The highest BCUT2D eigenvalue weighted by atomic mass is 79.9. The van der Waals surface area contributed by atoms with Gasteiger partial charge in [0.1, 0.15) is 11.5 Å². The van der Waals surface area contributed by atoms with Crippen molar-refractivity contribution in [2.24, 2.45) is 10.8 Å². The molecule has 0 bridgehead atoms. The van der Waals surface area contributed by atoms with E-state index < -0.39 is 11.8 Å². The Hall–Kier alpha value is -2.58. The highest BCUT2D eigenvalue weighted by molar-refractivity contribution is 9.10. The van der Waals surface area contributed by atoms with E-state index in [1.165, 1.54) is 6.21 Å². The molecule has 0 aliphatic rings. The van der Waals surface area contributed by atoms with E-state index in [9.17, 15) is 9.59 Å². The van der Waals surface area contributed by atoms with Crippen molar-refractivity contribution >= 4 is 45.6 Å². The molecule has 26 heavy (non-hydrogen) atoms. The van der Waals surface area contributed by atoms with Gasteiger partial charge in [-0.2, -0.15) is 5.10 Å². The highest BCUT2D eigenvalue weighted by Crippen LogP contribution is 2.24. The van der Waals surface area contributed by atoms with Gasteiger partial charge in [-0.3, -0.25) is 9.59 Å². The Morgan fingerprint density at radius 2 is 1.88 bits per heavy atom. The van der Waals surface area contributed by atoms with Crippen molar-refractivity contribution < 1.29 is 19.1 Å². The molecule has 0 saturated carbocycles. The maximum absolute atomic E-state index is 11.7. The predicted octanol–water partition coefficient (Wildman–Crippen LogP) is 2.50. The van der Waals surface area contributed by atoms with Crippen LogP contribution in [0.1, 0.15) is 5.56 Å². The van der Waals surface area contributed by atoms with Crippen LogP contribution in [0.2, 0.25) is 5.02 Å². The summed E-state index contributed by atoms with van der Waals surface area (Å²) in [5, 5.41) is 4.12. The molecule has 0 fully saturated rings. The third kappa shape index (κ3) is 6.73. The van der Waals surface area contributed by atoms with Gasteiger partial charge in [0, 0.05) is 4.47 Å². The smallest absolute Gasteiger partial charge is 0.277 e. The SMILES string of the molecule is NC(=O)COc1ccc(C=NNC(=O)COc2ccc(Br)cc2)cc1Cl. The predicted molar refractivity (Wildman–Crippen MR) is 102 cm³/mol. The summed E-state index contributed by atoms with van der Waals surface area (Å²) in [5.74, 6) is -0.100. The first-order valence-electron chi connectivity index (χ1n) is 7.35. The van der Waals surface area contributed by atoms with Crippen LogP contribution in [0, 0.1) is 0 Å². The molecule has 136 valence electrons. The van der Waals surface area contributed by atoms with Gasteiger partial charge in [0.15, 0.2) is 13.2 Å². The molecule has 2 aromatic carbocycles. The molecule has 0 aliphatic heterocycles. The average Bonchev–Trinajstić information content (AvgIpc) is 2.60. The molecule has 2 aromatic rings. The van der Waals surface area contributed by atoms with E-state index in [4.69, 9.17) is 26.8 Å². The molecule has 0 radical (unpaired) electrons. The molecule has 0 aliphatic carbocycles. The van der Waals surface area contributed by atoms with E-state index in [0.29, 0.717) is 22.1 Å². The van der Waals surface area contributed by atoms with E-state index in [2.05, 4.69) is 26.5 Å². The number of nitrogens with zero attached hydrogens (tertiary/aromatic N) is 1. The van der Waals surface area contributed by atoms with E-state index in [-0.39, 0.29) is 13.2 Å². The van der Waals surface area contributed by atoms with Crippen LogP contribution in [-0.4, -0.2) is 31.2 Å². The zero-order valence-corrected chi connectivity index (χ0v) is 15.8. The number of primary amides is 1. The second-order valence-corrected chi connectivity index (χ2v) is 6.30. The summed E-state index contributed by atoms with van der Waals surface area (Å²) in [6, 6.07) is 11.9. The lowest BCUT2D eigenvalue weighted by Crippen LogP contribution is -2.24. The van der Waals surface area contributed by atoms with E-state index in [1.807, 2.05) is 12.1 Å². The van der Waals surface area contributed by atoms with Gasteiger partial charge in [-0.1, -0.05) is 27.5 Å². The lowest BCUT2D eigenvalue weighted by atomic mass is 10.2. The minimum absolute atomic E-state index is 0.167. The van der Waals surface area contributed by atoms with Crippen LogP contribution in [0.25, 0.3) is 0 Å². The molecule has 0 saturated heterocycles. The second-order valence-electron chi connectivity index (χ2n) is 4.98. The van der Waals surface area contributed by atoms with Gasteiger partial charge in [-0.05, 0) is 48.0 Å². The molecule has 0 atom stereocenters. The van der Waals surface area contributed by atoms with Gasteiger partial charge in [-0.25, -0.2) is 5.43 Å². The number of ether oxygens (including phenoxy) is 2. The van der Waals surface area contributed by atoms with Crippen LogP contribution in [0.5, 0.6) is 11.5 Å². The summed E-state index contributed by atoms with van der Waals surface area (Å²) in [7, 11) is 0. The Kier molecular flexibility index (Phi) is 7.43. The number of nitrogens with two attached hydrogens (primary N) is 1. The summed E-state index contributed by atoms with van der Waals surface area (Å²) < 4.78 is 11.4. The summed E-state index contributed by atoms with van der Waals surface area (Å²) in [6.07, 6.45) is 1.42. The van der Waals surface area contributed by atoms with Crippen molar-refractivity contribution in [2.75, 3.05) is 13.2 Å². The Balaban J connectivity index is 1.81. The molecule has 7 nitrogen and oxygen atoms in total. The normalized spacial score (nSPS) is 10.5. The van der Waals surface area contributed by atoms with E-state index >= 15 is 0 Å². The van der Waals surface area contributed by atoms with Gasteiger partial charge >= 0.3 is 0 Å². The van der Waals surface area contributed by atoms with Crippen LogP contribution in [0.4, 0.5) is 0 Å². The summed E-state index contributed by atoms with van der Waals surface area (Å²) in [5.41, 5.74) is 7.98. The standard InChI is InChI=1S/C17H15BrClN3O4/c18-12-2-4-13(5-3-12)25-10-17(24)22-21-8-11-1-6-15(14(19)7-11)26-9-16(20)23/h1-8H,9-10H2,(H2,20,23)(H,22,24). The lowest BCUT2D eigenvalue weighted by molar-refractivity contribution is -0.123. The summed E-state index contributed by atoms with van der Waals surface area (Å²) in [4.78, 5) is 22.4. The summed E-state index contributed by atoms with van der Waals surface area (Å²) >= 11 is 9.35. The van der Waals surface area contributed by atoms with Crippen LogP contribution >= 0.6 is 27.5 Å². The third-order valence-electron chi connectivity index (χ3n) is 2.91. The number of rotatable bonds is 8. The van der Waals surface area contributed by atoms with Gasteiger partial charge in [-0.15, -0.1) is 0 Å². The second kappa shape index (κ2) is 9.79. The first-order chi connectivity index (χ1) is 12.4. The molecule has 3 N–H and O–H groups in total. The Labute approximate surface area is 163 Å². The maximum atomic E-state index is 11.7. The van der Waals surface area contributed by atoms with Crippen LogP contribution in [0.3, 0.4) is 0 Å². The van der Waals surface area contributed by atoms with Gasteiger partial charge in [0.2, 0.25) is 0 Å². The first-order valence-corrected chi connectivity index (χ1v) is 8.52.